The van der Waals surface area contributed by atoms with Crippen LogP contribution in [0.2, 0.25) is 0 Å². The van der Waals surface area contributed by atoms with E-state index in [9.17, 15) is 0 Å². The van der Waals surface area contributed by atoms with E-state index >= 15 is 0 Å². The van der Waals surface area contributed by atoms with Gasteiger partial charge in [-0.3, -0.25) is 0 Å². The van der Waals surface area contributed by atoms with Crippen LogP contribution in [0.25, 0.3) is 0 Å². The molecule has 0 spiro atoms. The molecule has 0 saturated carbocycles. The van der Waals surface area contributed by atoms with E-state index in [0.717, 1.165) is 0 Å². The Morgan fingerprint density at radius 3 is 2.73 bits per heavy atom. The Balaban J connectivity index is 2.94. The molecule has 0 aliphatic carbocycles. The van der Waals surface area contributed by atoms with Crippen molar-refractivity contribution in [2.75, 3.05) is 18.5 Å². The zero-order valence-electron chi connectivity index (χ0n) is 8.44. The average molecular weight is 207 g/mol. The van der Waals surface area contributed by atoms with Crippen LogP contribution in [0.15, 0.2) is 18.3 Å². The Hall–Kier alpha value is -1.64. The highest BCUT2D eigenvalue weighted by atomic mass is 16.3. The van der Waals surface area contributed by atoms with Crippen molar-refractivity contribution in [3.05, 3.63) is 23.9 Å². The van der Waals surface area contributed by atoms with Crippen LogP contribution in [0, 0.1) is 11.3 Å². The highest BCUT2D eigenvalue weighted by Gasteiger charge is 2.23. The zero-order valence-corrected chi connectivity index (χ0v) is 8.44. The molecule has 1 heterocycles. The Morgan fingerprint density at radius 2 is 2.20 bits per heavy atom. The molecule has 0 bridgehead atoms. The van der Waals surface area contributed by atoms with E-state index in [0.29, 0.717) is 11.4 Å². The van der Waals surface area contributed by atoms with Gasteiger partial charge in [-0.05, 0) is 19.1 Å². The van der Waals surface area contributed by atoms with Crippen molar-refractivity contribution in [2.45, 2.75) is 12.5 Å². The summed E-state index contributed by atoms with van der Waals surface area (Å²) in [6.07, 6.45) is 1.54. The minimum atomic E-state index is -0.875. The van der Waals surface area contributed by atoms with Crippen LogP contribution in [-0.2, 0) is 0 Å². The summed E-state index contributed by atoms with van der Waals surface area (Å²) in [4.78, 5) is 3.97. The SMILES string of the molecule is CC(CO)(CO)Nc1ncccc1C#N. The van der Waals surface area contributed by atoms with Crippen molar-refractivity contribution in [3.8, 4) is 6.07 Å². The van der Waals surface area contributed by atoms with Crippen LogP contribution in [-0.4, -0.2) is 33.9 Å². The molecule has 0 unspecified atom stereocenters. The smallest absolute Gasteiger partial charge is 0.144 e. The quantitative estimate of drug-likeness (QED) is 0.652. The van der Waals surface area contributed by atoms with Crippen LogP contribution in [0.1, 0.15) is 12.5 Å². The van der Waals surface area contributed by atoms with Crippen molar-refractivity contribution in [3.63, 3.8) is 0 Å². The van der Waals surface area contributed by atoms with Crippen LogP contribution >= 0.6 is 0 Å². The van der Waals surface area contributed by atoms with Gasteiger partial charge in [0.15, 0.2) is 0 Å². The summed E-state index contributed by atoms with van der Waals surface area (Å²) in [7, 11) is 0. The van der Waals surface area contributed by atoms with Gasteiger partial charge in [-0.15, -0.1) is 0 Å². The van der Waals surface area contributed by atoms with Crippen molar-refractivity contribution in [1.29, 1.82) is 5.26 Å². The minimum absolute atomic E-state index is 0.245. The molecule has 15 heavy (non-hydrogen) atoms. The van der Waals surface area contributed by atoms with Gasteiger partial charge in [-0.25, -0.2) is 4.98 Å². The van der Waals surface area contributed by atoms with Crippen LogP contribution < -0.4 is 5.32 Å². The molecule has 3 N–H and O–H groups in total. The number of anilines is 1. The number of hydrogen-bond acceptors (Lipinski definition) is 5. The van der Waals surface area contributed by atoms with Crippen LogP contribution in [0.4, 0.5) is 5.82 Å². The van der Waals surface area contributed by atoms with Gasteiger partial charge in [0.1, 0.15) is 11.9 Å². The highest BCUT2D eigenvalue weighted by Crippen LogP contribution is 2.15. The molecule has 0 amide bonds. The molecule has 5 nitrogen and oxygen atoms in total. The van der Waals surface area contributed by atoms with Gasteiger partial charge in [-0.1, -0.05) is 0 Å². The molecule has 0 aliphatic rings. The molecule has 1 aromatic heterocycles. The molecule has 0 aromatic carbocycles. The fourth-order valence-electron chi connectivity index (χ4n) is 1.01. The number of aromatic nitrogens is 1. The summed E-state index contributed by atoms with van der Waals surface area (Å²) in [5, 5.41) is 29.8. The fourth-order valence-corrected chi connectivity index (χ4v) is 1.01. The van der Waals surface area contributed by atoms with E-state index in [1.807, 2.05) is 6.07 Å². The van der Waals surface area contributed by atoms with Gasteiger partial charge < -0.3 is 15.5 Å². The molecule has 0 saturated heterocycles. The molecular weight excluding hydrogens is 194 g/mol. The summed E-state index contributed by atoms with van der Waals surface area (Å²) >= 11 is 0. The van der Waals surface area contributed by atoms with Crippen LogP contribution in [0.3, 0.4) is 0 Å². The van der Waals surface area contributed by atoms with Crippen LogP contribution in [0.5, 0.6) is 0 Å². The number of aliphatic hydroxyl groups excluding tert-OH is 2. The van der Waals surface area contributed by atoms with E-state index in [2.05, 4.69) is 10.3 Å². The summed E-state index contributed by atoms with van der Waals surface area (Å²) in [6, 6.07) is 5.25. The molecule has 80 valence electrons. The van der Waals surface area contributed by atoms with E-state index in [4.69, 9.17) is 15.5 Å². The monoisotopic (exact) mass is 207 g/mol. The fraction of sp³-hybridized carbons (Fsp3) is 0.400. The number of rotatable bonds is 4. The second-order valence-corrected chi connectivity index (χ2v) is 3.51. The third-order valence-electron chi connectivity index (χ3n) is 2.05. The average Bonchev–Trinajstić information content (AvgIpc) is 2.29. The van der Waals surface area contributed by atoms with Gasteiger partial charge in [0.05, 0.1) is 24.3 Å². The lowest BCUT2D eigenvalue weighted by Gasteiger charge is -2.27. The second kappa shape index (κ2) is 4.73. The van der Waals surface area contributed by atoms with Gasteiger partial charge in [0.25, 0.3) is 0 Å². The topological polar surface area (TPSA) is 89.2 Å². The Morgan fingerprint density at radius 1 is 1.53 bits per heavy atom. The van der Waals surface area contributed by atoms with E-state index in [1.165, 1.54) is 0 Å². The third-order valence-corrected chi connectivity index (χ3v) is 2.05. The largest absolute Gasteiger partial charge is 0.394 e. The maximum absolute atomic E-state index is 9.08. The lowest BCUT2D eigenvalue weighted by atomic mass is 10.1. The van der Waals surface area contributed by atoms with E-state index in [1.54, 1.807) is 25.3 Å². The Labute approximate surface area is 88.0 Å². The predicted molar refractivity (Wildman–Crippen MR) is 55.2 cm³/mol. The zero-order chi connectivity index (χ0) is 11.3. The number of nitriles is 1. The standard InChI is InChI=1S/C10H13N3O2/c1-10(6-14,7-15)13-9-8(5-11)3-2-4-12-9/h2-4,14-15H,6-7H2,1H3,(H,12,13). The molecule has 1 rings (SSSR count). The molecule has 5 heteroatoms. The second-order valence-electron chi connectivity index (χ2n) is 3.51. The summed E-state index contributed by atoms with van der Waals surface area (Å²) in [5.74, 6) is 0.366. The lowest BCUT2D eigenvalue weighted by molar-refractivity contribution is 0.147. The summed E-state index contributed by atoms with van der Waals surface area (Å²) in [6.45, 7) is 1.15. The molecule has 0 radical (unpaired) electrons. The maximum Gasteiger partial charge on any atom is 0.144 e. The van der Waals surface area contributed by atoms with Gasteiger partial charge in [0.2, 0.25) is 0 Å². The van der Waals surface area contributed by atoms with Gasteiger partial charge >= 0.3 is 0 Å². The number of nitrogens with zero attached hydrogens (tertiary/aromatic N) is 2. The molecule has 0 fully saturated rings. The number of aliphatic hydroxyl groups is 2. The van der Waals surface area contributed by atoms with E-state index < -0.39 is 5.54 Å². The summed E-state index contributed by atoms with van der Waals surface area (Å²) < 4.78 is 0. The molecule has 1 aromatic rings. The van der Waals surface area contributed by atoms with Crippen molar-refractivity contribution < 1.29 is 10.2 Å². The maximum atomic E-state index is 9.08. The number of pyridine rings is 1. The van der Waals surface area contributed by atoms with Gasteiger partial charge in [-0.2, -0.15) is 5.26 Å². The van der Waals surface area contributed by atoms with Crippen molar-refractivity contribution in [2.24, 2.45) is 0 Å². The highest BCUT2D eigenvalue weighted by molar-refractivity contribution is 5.52. The van der Waals surface area contributed by atoms with Gasteiger partial charge in [0, 0.05) is 6.20 Å². The number of nitrogens with one attached hydrogen (secondary N) is 1. The van der Waals surface area contributed by atoms with Crippen molar-refractivity contribution >= 4 is 5.82 Å². The minimum Gasteiger partial charge on any atom is -0.394 e. The molecular formula is C10H13N3O2. The first-order chi connectivity index (χ1) is 7.15. The first-order valence-electron chi connectivity index (χ1n) is 4.50. The number of hydrogen-bond donors (Lipinski definition) is 3. The predicted octanol–water partition coefficient (Wildman–Crippen LogP) is 0.108. The molecule has 0 aliphatic heterocycles. The normalized spacial score (nSPS) is 10.8. The lowest BCUT2D eigenvalue weighted by Crippen LogP contribution is -2.43. The van der Waals surface area contributed by atoms with Crippen molar-refractivity contribution in [1.82, 2.24) is 4.98 Å². The van der Waals surface area contributed by atoms with E-state index in [-0.39, 0.29) is 13.2 Å². The first-order valence-corrected chi connectivity index (χ1v) is 4.50. The summed E-state index contributed by atoms with van der Waals surface area (Å²) in [5.41, 5.74) is -0.495. The Bertz CT molecular complexity index is 369. The first kappa shape index (κ1) is 11.4. The molecule has 0 atom stereocenters. The third kappa shape index (κ3) is 2.65. The Kier molecular flexibility index (Phi) is 3.61.